The van der Waals surface area contributed by atoms with Crippen LogP contribution in [0.5, 0.6) is 0 Å². The summed E-state index contributed by atoms with van der Waals surface area (Å²) in [6.07, 6.45) is 0.301. The third-order valence-electron chi connectivity index (χ3n) is 3.52. The lowest BCUT2D eigenvalue weighted by Crippen LogP contribution is -2.35. The first-order chi connectivity index (χ1) is 9.54. The maximum absolute atomic E-state index is 12.5. The van der Waals surface area contributed by atoms with Crippen LogP contribution in [0.25, 0.3) is 10.8 Å². The van der Waals surface area contributed by atoms with Crippen LogP contribution >= 0.6 is 0 Å². The van der Waals surface area contributed by atoms with E-state index in [1.807, 2.05) is 43.3 Å². The van der Waals surface area contributed by atoms with Gasteiger partial charge >= 0.3 is 0 Å². The van der Waals surface area contributed by atoms with Gasteiger partial charge in [-0.2, -0.15) is 5.26 Å². The standard InChI is InChI=1S/C16H17N3O/c1-11(7-8-17)19(2)16(20)14-9-12-5-3-4-6-13(12)10-15(14)18/h3-6,9-11H,7,18H2,1-2H3. The minimum Gasteiger partial charge on any atom is -0.398 e. The number of fused-ring (bicyclic) bond motifs is 1. The van der Waals surface area contributed by atoms with E-state index in [1.165, 1.54) is 0 Å². The first-order valence-corrected chi connectivity index (χ1v) is 6.47. The molecule has 2 rings (SSSR count). The number of anilines is 1. The number of nitrogens with zero attached hydrogens (tertiary/aromatic N) is 2. The molecule has 20 heavy (non-hydrogen) atoms. The second-order valence-corrected chi connectivity index (χ2v) is 4.91. The van der Waals surface area contributed by atoms with Gasteiger partial charge in [0.25, 0.3) is 5.91 Å². The molecule has 0 aliphatic rings. The largest absolute Gasteiger partial charge is 0.398 e. The van der Waals surface area contributed by atoms with Crippen molar-refractivity contribution in [3.8, 4) is 6.07 Å². The lowest BCUT2D eigenvalue weighted by Gasteiger charge is -2.23. The fourth-order valence-electron chi connectivity index (χ4n) is 2.10. The summed E-state index contributed by atoms with van der Waals surface area (Å²) in [6, 6.07) is 13.3. The van der Waals surface area contributed by atoms with Crippen molar-refractivity contribution in [2.45, 2.75) is 19.4 Å². The number of nitrogen functional groups attached to an aromatic ring is 1. The van der Waals surface area contributed by atoms with E-state index in [0.717, 1.165) is 10.8 Å². The van der Waals surface area contributed by atoms with Crippen molar-refractivity contribution in [1.82, 2.24) is 4.90 Å². The van der Waals surface area contributed by atoms with Crippen molar-refractivity contribution >= 4 is 22.4 Å². The molecule has 1 unspecified atom stereocenters. The van der Waals surface area contributed by atoms with Gasteiger partial charge in [-0.3, -0.25) is 4.79 Å². The zero-order chi connectivity index (χ0) is 14.7. The minimum atomic E-state index is -0.156. The number of benzene rings is 2. The first kappa shape index (κ1) is 13.9. The van der Waals surface area contributed by atoms with E-state index >= 15 is 0 Å². The molecule has 0 radical (unpaired) electrons. The number of carbonyl (C=O) groups excluding carboxylic acids is 1. The number of hydrogen-bond donors (Lipinski definition) is 1. The zero-order valence-electron chi connectivity index (χ0n) is 11.6. The molecule has 0 saturated carbocycles. The van der Waals surface area contributed by atoms with Gasteiger partial charge < -0.3 is 10.6 Å². The maximum atomic E-state index is 12.5. The summed E-state index contributed by atoms with van der Waals surface area (Å²) in [4.78, 5) is 14.0. The van der Waals surface area contributed by atoms with Crippen molar-refractivity contribution in [3.63, 3.8) is 0 Å². The molecule has 0 aromatic heterocycles. The molecule has 1 atom stereocenters. The van der Waals surface area contributed by atoms with E-state index in [9.17, 15) is 4.79 Å². The molecule has 0 bridgehead atoms. The third-order valence-corrected chi connectivity index (χ3v) is 3.52. The lowest BCUT2D eigenvalue weighted by molar-refractivity contribution is 0.0747. The fourth-order valence-corrected chi connectivity index (χ4v) is 2.10. The van der Waals surface area contributed by atoms with E-state index in [0.29, 0.717) is 17.7 Å². The SMILES string of the molecule is CC(CC#N)N(C)C(=O)c1cc2ccccc2cc1N. The summed E-state index contributed by atoms with van der Waals surface area (Å²) in [5, 5.41) is 10.7. The van der Waals surface area contributed by atoms with Gasteiger partial charge in [0, 0.05) is 18.8 Å². The number of nitrogens with two attached hydrogens (primary N) is 1. The highest BCUT2D eigenvalue weighted by Crippen LogP contribution is 2.23. The van der Waals surface area contributed by atoms with Crippen molar-refractivity contribution in [1.29, 1.82) is 5.26 Å². The van der Waals surface area contributed by atoms with Crippen molar-refractivity contribution < 1.29 is 4.79 Å². The Labute approximate surface area is 118 Å². The van der Waals surface area contributed by atoms with Gasteiger partial charge in [-0.1, -0.05) is 24.3 Å². The van der Waals surface area contributed by atoms with Crippen LogP contribution in [0.2, 0.25) is 0 Å². The second-order valence-electron chi connectivity index (χ2n) is 4.91. The Bertz CT molecular complexity index is 688. The maximum Gasteiger partial charge on any atom is 0.255 e. The Morgan fingerprint density at radius 2 is 1.95 bits per heavy atom. The van der Waals surface area contributed by atoms with E-state index in [-0.39, 0.29) is 11.9 Å². The minimum absolute atomic E-state index is 0.140. The van der Waals surface area contributed by atoms with Crippen LogP contribution in [-0.2, 0) is 0 Å². The Hall–Kier alpha value is -2.54. The predicted octanol–water partition coefficient (Wildman–Crippen LogP) is 2.80. The Kier molecular flexibility index (Phi) is 3.90. The molecule has 4 heteroatoms. The normalized spacial score (nSPS) is 11.8. The quantitative estimate of drug-likeness (QED) is 0.869. The molecule has 0 aliphatic heterocycles. The summed E-state index contributed by atoms with van der Waals surface area (Å²) in [5.74, 6) is -0.156. The fraction of sp³-hybridized carbons (Fsp3) is 0.250. The van der Waals surface area contributed by atoms with Crippen LogP contribution in [0.1, 0.15) is 23.7 Å². The predicted molar refractivity (Wildman–Crippen MR) is 80.1 cm³/mol. The molecule has 2 N–H and O–H groups in total. The van der Waals surface area contributed by atoms with Crippen molar-refractivity contribution in [3.05, 3.63) is 42.0 Å². The molecular formula is C16H17N3O. The van der Waals surface area contributed by atoms with Crippen LogP contribution in [-0.4, -0.2) is 23.9 Å². The molecule has 4 nitrogen and oxygen atoms in total. The van der Waals surface area contributed by atoms with Gasteiger partial charge in [0.15, 0.2) is 0 Å². The van der Waals surface area contributed by atoms with Gasteiger partial charge in [-0.05, 0) is 29.8 Å². The average molecular weight is 267 g/mol. The number of nitriles is 1. The molecule has 1 amide bonds. The number of hydrogen-bond acceptors (Lipinski definition) is 3. The topological polar surface area (TPSA) is 70.1 Å². The second kappa shape index (κ2) is 5.62. The third kappa shape index (κ3) is 2.57. The molecule has 0 spiro atoms. The van der Waals surface area contributed by atoms with Crippen LogP contribution in [0.4, 0.5) is 5.69 Å². The van der Waals surface area contributed by atoms with Crippen LogP contribution in [0.3, 0.4) is 0 Å². The van der Waals surface area contributed by atoms with E-state index in [2.05, 4.69) is 6.07 Å². The summed E-state index contributed by atoms with van der Waals surface area (Å²) in [7, 11) is 1.69. The Morgan fingerprint density at radius 1 is 1.35 bits per heavy atom. The number of carbonyl (C=O) groups is 1. The van der Waals surface area contributed by atoms with E-state index in [4.69, 9.17) is 11.0 Å². The number of rotatable bonds is 3. The monoisotopic (exact) mass is 267 g/mol. The van der Waals surface area contributed by atoms with Gasteiger partial charge in [0.2, 0.25) is 0 Å². The summed E-state index contributed by atoms with van der Waals surface area (Å²) < 4.78 is 0. The molecular weight excluding hydrogens is 250 g/mol. The molecule has 0 saturated heterocycles. The van der Waals surface area contributed by atoms with Gasteiger partial charge in [0.1, 0.15) is 0 Å². The van der Waals surface area contributed by atoms with Crippen molar-refractivity contribution in [2.75, 3.05) is 12.8 Å². The highest BCUT2D eigenvalue weighted by Gasteiger charge is 2.19. The summed E-state index contributed by atoms with van der Waals surface area (Å²) in [5.41, 5.74) is 6.93. The molecule has 0 heterocycles. The van der Waals surface area contributed by atoms with Crippen LogP contribution < -0.4 is 5.73 Å². The van der Waals surface area contributed by atoms with E-state index in [1.54, 1.807) is 11.9 Å². The summed E-state index contributed by atoms with van der Waals surface area (Å²) in [6.45, 7) is 1.85. The molecule has 2 aromatic carbocycles. The van der Waals surface area contributed by atoms with Gasteiger partial charge in [-0.25, -0.2) is 0 Å². The highest BCUT2D eigenvalue weighted by atomic mass is 16.2. The van der Waals surface area contributed by atoms with E-state index < -0.39 is 0 Å². The summed E-state index contributed by atoms with van der Waals surface area (Å²) >= 11 is 0. The molecule has 0 aliphatic carbocycles. The first-order valence-electron chi connectivity index (χ1n) is 6.47. The van der Waals surface area contributed by atoms with Crippen molar-refractivity contribution in [2.24, 2.45) is 0 Å². The number of amides is 1. The highest BCUT2D eigenvalue weighted by molar-refractivity contribution is 6.03. The van der Waals surface area contributed by atoms with Crippen LogP contribution in [0.15, 0.2) is 36.4 Å². The Balaban J connectivity index is 2.39. The molecule has 2 aromatic rings. The molecule has 102 valence electrons. The zero-order valence-corrected chi connectivity index (χ0v) is 11.6. The van der Waals surface area contributed by atoms with Gasteiger partial charge in [-0.15, -0.1) is 0 Å². The smallest absolute Gasteiger partial charge is 0.255 e. The molecule has 0 fully saturated rings. The van der Waals surface area contributed by atoms with Gasteiger partial charge in [0.05, 0.1) is 18.1 Å². The average Bonchev–Trinajstić information content (AvgIpc) is 2.45. The van der Waals surface area contributed by atoms with Crippen LogP contribution in [0, 0.1) is 11.3 Å². The lowest BCUT2D eigenvalue weighted by atomic mass is 10.0. The Morgan fingerprint density at radius 3 is 2.55 bits per heavy atom.